The molecule has 4 heteroatoms. The number of H-pyrrole nitrogens is 1. The lowest BCUT2D eigenvalue weighted by molar-refractivity contribution is 0.122. The Morgan fingerprint density at radius 1 is 1.07 bits per heavy atom. The lowest BCUT2D eigenvalue weighted by Crippen LogP contribution is -2.37. The fourth-order valence-electron chi connectivity index (χ4n) is 4.77. The number of fused-ring (bicyclic) bond motifs is 2. The number of likely N-dealkylation sites (N-methyl/N-ethyl adjacent to an activating group) is 1. The number of nitrogens with zero attached hydrogens (tertiary/aromatic N) is 2. The van der Waals surface area contributed by atoms with Gasteiger partial charge in [-0.05, 0) is 65.9 Å². The Balaban J connectivity index is 1.57. The highest BCUT2D eigenvalue weighted by molar-refractivity contribution is 5.80. The average molecular weight is 361 g/mol. The van der Waals surface area contributed by atoms with Crippen molar-refractivity contribution in [2.45, 2.75) is 19.4 Å². The topological polar surface area (TPSA) is 31.5 Å². The molecule has 0 radical (unpaired) electrons. The smallest absolute Gasteiger partial charge is 0.0642 e. The van der Waals surface area contributed by atoms with Crippen LogP contribution in [0.15, 0.2) is 42.6 Å². The first-order chi connectivity index (χ1) is 13.2. The second-order valence-electron chi connectivity index (χ2n) is 7.95. The van der Waals surface area contributed by atoms with Crippen molar-refractivity contribution in [1.29, 1.82) is 0 Å². The molecule has 0 amide bonds. The van der Waals surface area contributed by atoms with E-state index in [1.165, 1.54) is 38.8 Å². The minimum absolute atomic E-state index is 0.426. The summed E-state index contributed by atoms with van der Waals surface area (Å²) >= 11 is 0. The minimum atomic E-state index is 0.426. The summed E-state index contributed by atoms with van der Waals surface area (Å²) in [6, 6.07) is 13.7. The van der Waals surface area contributed by atoms with E-state index in [1.54, 1.807) is 0 Å². The number of aromatic amines is 1. The van der Waals surface area contributed by atoms with E-state index in [0.717, 1.165) is 39.4 Å². The van der Waals surface area contributed by atoms with Crippen LogP contribution < -0.4 is 4.90 Å². The van der Waals surface area contributed by atoms with Gasteiger partial charge < -0.3 is 19.5 Å². The minimum Gasteiger partial charge on any atom is -0.378 e. The number of anilines is 1. The Morgan fingerprint density at radius 2 is 1.93 bits per heavy atom. The maximum atomic E-state index is 5.54. The Bertz CT molecular complexity index is 971. The van der Waals surface area contributed by atoms with Crippen molar-refractivity contribution in [2.75, 3.05) is 44.8 Å². The third kappa shape index (κ3) is 2.93. The van der Waals surface area contributed by atoms with Crippen LogP contribution in [0.1, 0.15) is 28.2 Å². The molecule has 1 fully saturated rings. The number of nitrogens with one attached hydrogen (secondary N) is 1. The quantitative estimate of drug-likeness (QED) is 0.751. The predicted molar refractivity (Wildman–Crippen MR) is 111 cm³/mol. The van der Waals surface area contributed by atoms with Gasteiger partial charge in [-0.3, -0.25) is 0 Å². The highest BCUT2D eigenvalue weighted by Crippen LogP contribution is 2.38. The molecule has 1 N–H and O–H groups in total. The maximum absolute atomic E-state index is 5.54. The van der Waals surface area contributed by atoms with E-state index >= 15 is 0 Å². The zero-order chi connectivity index (χ0) is 18.4. The van der Waals surface area contributed by atoms with Crippen molar-refractivity contribution in [3.05, 3.63) is 64.8 Å². The van der Waals surface area contributed by atoms with Gasteiger partial charge in [-0.2, -0.15) is 0 Å². The van der Waals surface area contributed by atoms with Crippen molar-refractivity contribution >= 4 is 16.6 Å². The van der Waals surface area contributed by atoms with Gasteiger partial charge in [-0.1, -0.05) is 12.1 Å². The normalized spacial score (nSPS) is 20.8. The van der Waals surface area contributed by atoms with Crippen molar-refractivity contribution in [3.8, 4) is 0 Å². The molecule has 1 saturated heterocycles. The number of hydrogen-bond donors (Lipinski definition) is 1. The third-order valence-electron chi connectivity index (χ3n) is 6.24. The van der Waals surface area contributed by atoms with Gasteiger partial charge in [-0.15, -0.1) is 0 Å². The molecule has 1 atom stereocenters. The van der Waals surface area contributed by atoms with Gasteiger partial charge in [0.25, 0.3) is 0 Å². The molecule has 4 nitrogen and oxygen atoms in total. The van der Waals surface area contributed by atoms with E-state index in [1.807, 2.05) is 6.20 Å². The van der Waals surface area contributed by atoms with Crippen LogP contribution in [0.25, 0.3) is 10.9 Å². The molecule has 27 heavy (non-hydrogen) atoms. The summed E-state index contributed by atoms with van der Waals surface area (Å²) in [6.07, 6.45) is 2.02. The molecule has 3 aromatic rings. The molecule has 5 rings (SSSR count). The lowest BCUT2D eigenvalue weighted by Gasteiger charge is -2.37. The van der Waals surface area contributed by atoms with Crippen LogP contribution >= 0.6 is 0 Å². The van der Waals surface area contributed by atoms with Crippen LogP contribution in [-0.4, -0.2) is 49.8 Å². The Morgan fingerprint density at radius 3 is 2.78 bits per heavy atom. The molecule has 3 heterocycles. The molecular weight excluding hydrogens is 334 g/mol. The summed E-state index contributed by atoms with van der Waals surface area (Å²) in [5, 5.41) is 1.30. The third-order valence-corrected chi connectivity index (χ3v) is 6.24. The number of morpholine rings is 1. The molecule has 2 aliphatic heterocycles. The SMILES string of the molecule is Cc1c(N2CCOCC2)ccc2c1CN(C)CC2c1ccc2[nH]ccc2c1. The maximum Gasteiger partial charge on any atom is 0.0642 e. The van der Waals surface area contributed by atoms with E-state index in [-0.39, 0.29) is 0 Å². The van der Waals surface area contributed by atoms with Crippen molar-refractivity contribution in [1.82, 2.24) is 9.88 Å². The predicted octanol–water partition coefficient (Wildman–Crippen LogP) is 3.89. The Labute approximate surface area is 160 Å². The monoisotopic (exact) mass is 361 g/mol. The van der Waals surface area contributed by atoms with Gasteiger partial charge >= 0.3 is 0 Å². The van der Waals surface area contributed by atoms with Gasteiger partial charge in [0.05, 0.1) is 13.2 Å². The summed E-state index contributed by atoms with van der Waals surface area (Å²) in [7, 11) is 2.24. The first-order valence-corrected chi connectivity index (χ1v) is 9.91. The van der Waals surface area contributed by atoms with Gasteiger partial charge in [0, 0.05) is 49.5 Å². The van der Waals surface area contributed by atoms with Gasteiger partial charge in [0.2, 0.25) is 0 Å². The van der Waals surface area contributed by atoms with Gasteiger partial charge in [0.15, 0.2) is 0 Å². The molecule has 0 saturated carbocycles. The first-order valence-electron chi connectivity index (χ1n) is 9.91. The highest BCUT2D eigenvalue weighted by atomic mass is 16.5. The van der Waals surface area contributed by atoms with Crippen LogP contribution in [0.5, 0.6) is 0 Å². The van der Waals surface area contributed by atoms with Crippen LogP contribution in [0, 0.1) is 6.92 Å². The molecule has 0 spiro atoms. The fourth-order valence-corrected chi connectivity index (χ4v) is 4.77. The van der Waals surface area contributed by atoms with Gasteiger partial charge in [0.1, 0.15) is 0 Å². The molecule has 0 aliphatic carbocycles. The van der Waals surface area contributed by atoms with Crippen molar-refractivity contribution in [2.24, 2.45) is 0 Å². The van der Waals surface area contributed by atoms with Crippen molar-refractivity contribution < 1.29 is 4.74 Å². The largest absolute Gasteiger partial charge is 0.378 e. The molecule has 140 valence electrons. The van der Waals surface area contributed by atoms with Crippen LogP contribution in [0.2, 0.25) is 0 Å². The summed E-state index contributed by atoms with van der Waals surface area (Å²) in [5.41, 5.74) is 8.45. The summed E-state index contributed by atoms with van der Waals surface area (Å²) < 4.78 is 5.54. The lowest BCUT2D eigenvalue weighted by atomic mass is 9.82. The first kappa shape index (κ1) is 16.8. The number of ether oxygens (including phenoxy) is 1. The summed E-state index contributed by atoms with van der Waals surface area (Å²) in [4.78, 5) is 8.25. The van der Waals surface area contributed by atoms with E-state index in [0.29, 0.717) is 5.92 Å². The van der Waals surface area contributed by atoms with E-state index < -0.39 is 0 Å². The standard InChI is InChI=1S/C23H27N3O/c1-16-20-14-25(2)15-21(17-3-5-22-18(13-17)7-8-24-22)19(20)4-6-23(16)26-9-11-27-12-10-26/h3-8,13,21,24H,9-12,14-15H2,1-2H3. The second kappa shape index (κ2) is 6.70. The summed E-state index contributed by atoms with van der Waals surface area (Å²) in [6.45, 7) is 8.04. The number of hydrogen-bond acceptors (Lipinski definition) is 3. The number of rotatable bonds is 2. The fraction of sp³-hybridized carbons (Fsp3) is 0.391. The van der Waals surface area contributed by atoms with Crippen LogP contribution in [0.4, 0.5) is 5.69 Å². The number of benzene rings is 2. The van der Waals surface area contributed by atoms with E-state index in [2.05, 4.69) is 65.2 Å². The Hall–Kier alpha value is -2.30. The van der Waals surface area contributed by atoms with E-state index in [4.69, 9.17) is 4.74 Å². The zero-order valence-electron chi connectivity index (χ0n) is 16.2. The van der Waals surface area contributed by atoms with Crippen LogP contribution in [-0.2, 0) is 11.3 Å². The second-order valence-corrected chi connectivity index (χ2v) is 7.95. The number of aromatic nitrogens is 1. The van der Waals surface area contributed by atoms with Gasteiger partial charge in [-0.25, -0.2) is 0 Å². The van der Waals surface area contributed by atoms with Crippen molar-refractivity contribution in [3.63, 3.8) is 0 Å². The molecule has 1 aromatic heterocycles. The summed E-state index contributed by atoms with van der Waals surface area (Å²) in [5.74, 6) is 0.426. The molecule has 2 aliphatic rings. The van der Waals surface area contributed by atoms with Crippen LogP contribution in [0.3, 0.4) is 0 Å². The molecular formula is C23H27N3O. The highest BCUT2D eigenvalue weighted by Gasteiger charge is 2.28. The average Bonchev–Trinajstić information content (AvgIpc) is 3.17. The molecule has 2 aromatic carbocycles. The molecule has 1 unspecified atom stereocenters. The molecule has 0 bridgehead atoms. The Kier molecular flexibility index (Phi) is 4.18. The zero-order valence-corrected chi connectivity index (χ0v) is 16.2. The van der Waals surface area contributed by atoms with E-state index in [9.17, 15) is 0 Å².